The lowest BCUT2D eigenvalue weighted by Crippen LogP contribution is -2.44. The van der Waals surface area contributed by atoms with Crippen LogP contribution in [0.15, 0.2) is 24.3 Å². The number of nitrogens with zero attached hydrogens (tertiary/aromatic N) is 2. The van der Waals surface area contributed by atoms with Gasteiger partial charge in [-0.2, -0.15) is 0 Å². The van der Waals surface area contributed by atoms with Gasteiger partial charge in [0.2, 0.25) is 0 Å². The van der Waals surface area contributed by atoms with Crippen molar-refractivity contribution >= 4 is 24.8 Å². The summed E-state index contributed by atoms with van der Waals surface area (Å²) < 4.78 is 11.5. The smallest absolute Gasteiger partial charge is 0.119 e. The maximum absolute atomic E-state index is 5.99. The van der Waals surface area contributed by atoms with E-state index in [0.717, 1.165) is 57.0 Å². The Morgan fingerprint density at radius 2 is 1.50 bits per heavy atom. The first-order valence-electron chi connectivity index (χ1n) is 11.7. The summed E-state index contributed by atoms with van der Waals surface area (Å²) in [7, 11) is 0. The molecule has 0 aromatic heterocycles. The van der Waals surface area contributed by atoms with E-state index < -0.39 is 0 Å². The zero-order chi connectivity index (χ0) is 19.0. The zero-order valence-corrected chi connectivity index (χ0v) is 19.9. The summed E-state index contributed by atoms with van der Waals surface area (Å²) in [6.45, 7) is 8.66. The summed E-state index contributed by atoms with van der Waals surface area (Å²) in [6, 6.07) is 9.76. The average molecular weight is 460 g/mol. The summed E-state index contributed by atoms with van der Waals surface area (Å²) in [5.41, 5.74) is 1.50. The van der Waals surface area contributed by atoms with Crippen LogP contribution in [0.2, 0.25) is 0 Å². The third kappa shape index (κ3) is 7.56. The fourth-order valence-electron chi connectivity index (χ4n) is 5.21. The molecular formula is C24H40Cl2N2O2. The van der Waals surface area contributed by atoms with Gasteiger partial charge in [0.1, 0.15) is 5.75 Å². The molecule has 0 radical (unpaired) electrons. The minimum absolute atomic E-state index is 0. The van der Waals surface area contributed by atoms with Crippen molar-refractivity contribution in [1.82, 2.24) is 9.80 Å². The van der Waals surface area contributed by atoms with Crippen molar-refractivity contribution in [3.8, 4) is 5.75 Å². The van der Waals surface area contributed by atoms with Crippen LogP contribution in [0.5, 0.6) is 5.75 Å². The van der Waals surface area contributed by atoms with Gasteiger partial charge in [-0.25, -0.2) is 0 Å². The number of benzene rings is 1. The van der Waals surface area contributed by atoms with Gasteiger partial charge in [0.05, 0.1) is 19.8 Å². The van der Waals surface area contributed by atoms with Crippen molar-refractivity contribution in [2.75, 3.05) is 52.5 Å². The molecule has 1 aliphatic carbocycles. The van der Waals surface area contributed by atoms with Crippen LogP contribution in [0, 0.1) is 0 Å². The molecule has 0 amide bonds. The Morgan fingerprint density at radius 3 is 2.17 bits per heavy atom. The van der Waals surface area contributed by atoms with Crippen LogP contribution in [-0.4, -0.2) is 68.4 Å². The van der Waals surface area contributed by atoms with Gasteiger partial charge in [0.15, 0.2) is 0 Å². The highest BCUT2D eigenvalue weighted by Crippen LogP contribution is 2.35. The number of piperidine rings is 1. The molecule has 30 heavy (non-hydrogen) atoms. The van der Waals surface area contributed by atoms with Gasteiger partial charge in [0.25, 0.3) is 0 Å². The van der Waals surface area contributed by atoms with E-state index in [1.807, 2.05) is 0 Å². The number of halogens is 2. The van der Waals surface area contributed by atoms with E-state index in [1.54, 1.807) is 0 Å². The van der Waals surface area contributed by atoms with Crippen LogP contribution in [0.4, 0.5) is 0 Å². The van der Waals surface area contributed by atoms with Gasteiger partial charge in [0, 0.05) is 25.7 Å². The maximum Gasteiger partial charge on any atom is 0.119 e. The van der Waals surface area contributed by atoms with E-state index in [-0.39, 0.29) is 24.8 Å². The molecule has 2 saturated heterocycles. The van der Waals surface area contributed by atoms with Crippen LogP contribution < -0.4 is 4.74 Å². The van der Waals surface area contributed by atoms with Crippen molar-refractivity contribution in [3.63, 3.8) is 0 Å². The number of ether oxygens (including phenoxy) is 2. The molecule has 0 atom stereocenters. The molecule has 0 spiro atoms. The molecule has 4 nitrogen and oxygen atoms in total. The normalized spacial score (nSPS) is 25.7. The molecule has 6 heteroatoms. The number of rotatable bonds is 7. The van der Waals surface area contributed by atoms with Crippen molar-refractivity contribution < 1.29 is 9.47 Å². The van der Waals surface area contributed by atoms with Gasteiger partial charge < -0.3 is 14.4 Å². The van der Waals surface area contributed by atoms with Gasteiger partial charge >= 0.3 is 0 Å². The lowest BCUT2D eigenvalue weighted by Gasteiger charge is -2.38. The topological polar surface area (TPSA) is 24.9 Å². The van der Waals surface area contributed by atoms with E-state index in [4.69, 9.17) is 9.47 Å². The number of hydrogen-bond acceptors (Lipinski definition) is 4. The standard InChI is InChI=1S/C24H38N2O2.2ClH/c1-2-13-25(14-3-1)15-4-18-28-24-11-7-22(8-12-24)21-5-9-23(10-6-21)26-16-19-27-20-17-26;;/h7-8,11-12,21,23H,1-6,9-10,13-20H2;2*1H. The highest BCUT2D eigenvalue weighted by molar-refractivity contribution is 5.85. The first kappa shape index (κ1) is 25.7. The maximum atomic E-state index is 5.99. The second-order valence-corrected chi connectivity index (χ2v) is 8.83. The molecular weight excluding hydrogens is 419 g/mol. The molecule has 1 aromatic carbocycles. The number of likely N-dealkylation sites (tertiary alicyclic amines) is 1. The molecule has 3 aliphatic rings. The summed E-state index contributed by atoms with van der Waals surface area (Å²) in [6.07, 6.45) is 10.6. The van der Waals surface area contributed by atoms with Crippen LogP contribution in [0.25, 0.3) is 0 Å². The fourth-order valence-corrected chi connectivity index (χ4v) is 5.21. The first-order chi connectivity index (χ1) is 13.9. The van der Waals surface area contributed by atoms with Gasteiger partial charge in [-0.05, 0) is 81.6 Å². The van der Waals surface area contributed by atoms with Crippen LogP contribution in [0.1, 0.15) is 62.8 Å². The monoisotopic (exact) mass is 458 g/mol. The van der Waals surface area contributed by atoms with Crippen LogP contribution in [-0.2, 0) is 4.74 Å². The molecule has 2 heterocycles. The van der Waals surface area contributed by atoms with Crippen LogP contribution in [0.3, 0.4) is 0 Å². The molecule has 0 bridgehead atoms. The van der Waals surface area contributed by atoms with E-state index in [0.29, 0.717) is 0 Å². The SMILES string of the molecule is Cl.Cl.c1cc(C2CCC(N3CCOCC3)CC2)ccc1OCCCN1CCCCC1. The molecule has 2 aliphatic heterocycles. The molecule has 1 saturated carbocycles. The Kier molecular flexibility index (Phi) is 11.8. The van der Waals surface area contributed by atoms with E-state index in [9.17, 15) is 0 Å². The lowest BCUT2D eigenvalue weighted by molar-refractivity contribution is 0.00729. The van der Waals surface area contributed by atoms with Crippen molar-refractivity contribution in [2.24, 2.45) is 0 Å². The molecule has 4 rings (SSSR count). The Labute approximate surface area is 195 Å². The van der Waals surface area contributed by atoms with Crippen molar-refractivity contribution in [1.29, 1.82) is 0 Å². The largest absolute Gasteiger partial charge is 0.494 e. The Morgan fingerprint density at radius 1 is 0.833 bits per heavy atom. The minimum atomic E-state index is 0. The molecule has 0 N–H and O–H groups in total. The van der Waals surface area contributed by atoms with Crippen molar-refractivity contribution in [3.05, 3.63) is 29.8 Å². The lowest BCUT2D eigenvalue weighted by atomic mass is 9.81. The predicted molar refractivity (Wildman–Crippen MR) is 129 cm³/mol. The fraction of sp³-hybridized carbons (Fsp3) is 0.750. The Hall–Kier alpha value is -0.520. The second-order valence-electron chi connectivity index (χ2n) is 8.83. The summed E-state index contributed by atoms with van der Waals surface area (Å²) in [5, 5.41) is 0. The summed E-state index contributed by atoms with van der Waals surface area (Å²) in [5.74, 6) is 1.76. The zero-order valence-electron chi connectivity index (χ0n) is 18.3. The number of hydrogen-bond donors (Lipinski definition) is 0. The Balaban J connectivity index is 0.00000160. The Bertz CT molecular complexity index is 567. The first-order valence-corrected chi connectivity index (χ1v) is 11.7. The van der Waals surface area contributed by atoms with Crippen LogP contribution >= 0.6 is 24.8 Å². The van der Waals surface area contributed by atoms with E-state index in [1.165, 1.54) is 70.1 Å². The van der Waals surface area contributed by atoms with Gasteiger partial charge in [-0.1, -0.05) is 18.6 Å². The third-order valence-electron chi connectivity index (χ3n) is 6.95. The average Bonchev–Trinajstić information content (AvgIpc) is 2.79. The molecule has 0 unspecified atom stereocenters. The highest BCUT2D eigenvalue weighted by Gasteiger charge is 2.27. The van der Waals surface area contributed by atoms with E-state index in [2.05, 4.69) is 34.1 Å². The van der Waals surface area contributed by atoms with Gasteiger partial charge in [-0.3, -0.25) is 4.90 Å². The molecule has 172 valence electrons. The van der Waals surface area contributed by atoms with E-state index >= 15 is 0 Å². The predicted octanol–water partition coefficient (Wildman–Crippen LogP) is 5.14. The second kappa shape index (κ2) is 13.8. The quantitative estimate of drug-likeness (QED) is 0.527. The molecule has 3 fully saturated rings. The minimum Gasteiger partial charge on any atom is -0.494 e. The third-order valence-corrected chi connectivity index (χ3v) is 6.95. The highest BCUT2D eigenvalue weighted by atomic mass is 35.5. The molecule has 1 aromatic rings. The van der Waals surface area contributed by atoms with Gasteiger partial charge in [-0.15, -0.1) is 24.8 Å². The number of morpholine rings is 1. The summed E-state index contributed by atoms with van der Waals surface area (Å²) >= 11 is 0. The van der Waals surface area contributed by atoms with Crippen molar-refractivity contribution in [2.45, 2.75) is 63.3 Å². The summed E-state index contributed by atoms with van der Waals surface area (Å²) in [4.78, 5) is 5.24.